The number of aryl methyl sites for hydroxylation is 1. The lowest BCUT2D eigenvalue weighted by molar-refractivity contribution is -0.115. The zero-order chi connectivity index (χ0) is 15.4. The molecule has 1 N–H and O–H groups in total. The molecule has 0 aromatic heterocycles. The maximum absolute atomic E-state index is 12.2. The normalized spacial score (nSPS) is 12.0. The lowest BCUT2D eigenvalue weighted by Gasteiger charge is -2.14. The van der Waals surface area contributed by atoms with Gasteiger partial charge >= 0.3 is 0 Å². The topological polar surface area (TPSA) is 29.1 Å². The second kappa shape index (κ2) is 7.34. The van der Waals surface area contributed by atoms with E-state index in [4.69, 9.17) is 11.6 Å². The summed E-state index contributed by atoms with van der Waals surface area (Å²) in [5.74, 6) is -0.150. The number of thiol groups is 1. The average molecular weight is 385 g/mol. The molecule has 1 unspecified atom stereocenters. The molecule has 5 heteroatoms. The van der Waals surface area contributed by atoms with Crippen molar-refractivity contribution < 1.29 is 4.79 Å². The molecule has 2 nitrogen and oxygen atoms in total. The summed E-state index contributed by atoms with van der Waals surface area (Å²) in [5, 5.41) is 3.05. The minimum atomic E-state index is -0.417. The number of amides is 1. The molecule has 2 rings (SSSR count). The monoisotopic (exact) mass is 383 g/mol. The van der Waals surface area contributed by atoms with Gasteiger partial charge in [0, 0.05) is 9.50 Å². The summed E-state index contributed by atoms with van der Waals surface area (Å²) < 4.78 is 0.804. The molecular formula is C16H15BrClNOS. The third-order valence-corrected chi connectivity index (χ3v) is 4.56. The van der Waals surface area contributed by atoms with E-state index in [-0.39, 0.29) is 5.91 Å². The molecule has 0 aliphatic heterocycles. The first-order chi connectivity index (χ1) is 9.97. The van der Waals surface area contributed by atoms with Gasteiger partial charge in [0.25, 0.3) is 0 Å². The Morgan fingerprint density at radius 2 is 2.00 bits per heavy atom. The predicted octanol–water partition coefficient (Wildman–Crippen LogP) is 4.89. The minimum Gasteiger partial charge on any atom is -0.324 e. The minimum absolute atomic E-state index is 0.150. The van der Waals surface area contributed by atoms with Crippen molar-refractivity contribution in [3.05, 3.63) is 63.1 Å². The van der Waals surface area contributed by atoms with Crippen LogP contribution in [0.5, 0.6) is 0 Å². The second-order valence-corrected chi connectivity index (χ2v) is 6.66. The molecule has 0 aliphatic carbocycles. The maximum Gasteiger partial charge on any atom is 0.237 e. The van der Waals surface area contributed by atoms with Crippen LogP contribution in [0, 0.1) is 6.92 Å². The molecule has 2 aromatic rings. The molecule has 1 atom stereocenters. The van der Waals surface area contributed by atoms with Gasteiger partial charge in [-0.2, -0.15) is 12.6 Å². The van der Waals surface area contributed by atoms with Crippen LogP contribution in [0.25, 0.3) is 0 Å². The highest BCUT2D eigenvalue weighted by atomic mass is 79.9. The standard InChI is InChI=1S/C16H15BrClNOS/c1-10-7-12(17)14(9-13(10)18)19-16(20)15(21)8-11-5-3-2-4-6-11/h2-7,9,15,21H,8H2,1H3,(H,19,20). The summed E-state index contributed by atoms with van der Waals surface area (Å²) in [6, 6.07) is 13.4. The van der Waals surface area contributed by atoms with Crippen molar-refractivity contribution in [2.45, 2.75) is 18.6 Å². The second-order valence-electron chi connectivity index (χ2n) is 4.78. The van der Waals surface area contributed by atoms with Crippen molar-refractivity contribution in [1.29, 1.82) is 0 Å². The van der Waals surface area contributed by atoms with E-state index in [0.29, 0.717) is 17.1 Å². The lowest BCUT2D eigenvalue weighted by atomic mass is 10.1. The highest BCUT2D eigenvalue weighted by molar-refractivity contribution is 9.10. The summed E-state index contributed by atoms with van der Waals surface area (Å²) in [6.07, 6.45) is 0.576. The fourth-order valence-electron chi connectivity index (χ4n) is 1.89. The first-order valence-electron chi connectivity index (χ1n) is 6.46. The van der Waals surface area contributed by atoms with Gasteiger partial charge < -0.3 is 5.32 Å². The fourth-order valence-corrected chi connectivity index (χ4v) is 2.88. The zero-order valence-electron chi connectivity index (χ0n) is 11.4. The van der Waals surface area contributed by atoms with Gasteiger partial charge in [0.1, 0.15) is 0 Å². The maximum atomic E-state index is 12.2. The SMILES string of the molecule is Cc1cc(Br)c(NC(=O)C(S)Cc2ccccc2)cc1Cl. The molecule has 0 spiro atoms. The average Bonchev–Trinajstić information content (AvgIpc) is 2.45. The number of carbonyl (C=O) groups is 1. The van der Waals surface area contributed by atoms with Crippen LogP contribution in [-0.2, 0) is 11.2 Å². The molecular weight excluding hydrogens is 370 g/mol. The predicted molar refractivity (Wildman–Crippen MR) is 95.4 cm³/mol. The first-order valence-corrected chi connectivity index (χ1v) is 8.14. The summed E-state index contributed by atoms with van der Waals surface area (Å²) in [7, 11) is 0. The van der Waals surface area contributed by atoms with Gasteiger partial charge in [0.15, 0.2) is 0 Å². The van der Waals surface area contributed by atoms with Gasteiger partial charge in [-0.1, -0.05) is 41.9 Å². The van der Waals surface area contributed by atoms with Crippen LogP contribution in [0.3, 0.4) is 0 Å². The van der Waals surface area contributed by atoms with Crippen LogP contribution >= 0.6 is 40.2 Å². The van der Waals surface area contributed by atoms with E-state index in [1.165, 1.54) is 0 Å². The smallest absolute Gasteiger partial charge is 0.237 e. The Kier molecular flexibility index (Phi) is 5.73. The summed E-state index contributed by atoms with van der Waals surface area (Å²) in [6.45, 7) is 1.91. The summed E-state index contributed by atoms with van der Waals surface area (Å²) >= 11 is 13.9. The summed E-state index contributed by atoms with van der Waals surface area (Å²) in [5.41, 5.74) is 2.68. The van der Waals surface area contributed by atoms with Crippen LogP contribution in [0.1, 0.15) is 11.1 Å². The Balaban J connectivity index is 2.06. The lowest BCUT2D eigenvalue weighted by Crippen LogP contribution is -2.25. The van der Waals surface area contributed by atoms with Crippen molar-refractivity contribution >= 4 is 51.8 Å². The molecule has 0 heterocycles. The fraction of sp³-hybridized carbons (Fsp3) is 0.188. The van der Waals surface area contributed by atoms with Gasteiger partial charge in [0.05, 0.1) is 10.9 Å². The molecule has 21 heavy (non-hydrogen) atoms. The highest BCUT2D eigenvalue weighted by Crippen LogP contribution is 2.29. The van der Waals surface area contributed by atoms with Gasteiger partial charge in [-0.3, -0.25) is 4.79 Å². The zero-order valence-corrected chi connectivity index (χ0v) is 14.7. The Labute approximate surface area is 143 Å². The molecule has 110 valence electrons. The van der Waals surface area contributed by atoms with Crippen molar-refractivity contribution in [2.24, 2.45) is 0 Å². The molecule has 0 saturated carbocycles. The molecule has 0 radical (unpaired) electrons. The van der Waals surface area contributed by atoms with E-state index in [0.717, 1.165) is 15.6 Å². The third-order valence-electron chi connectivity index (χ3n) is 3.08. The van der Waals surface area contributed by atoms with Crippen molar-refractivity contribution in [1.82, 2.24) is 0 Å². The molecule has 0 bridgehead atoms. The van der Waals surface area contributed by atoms with E-state index >= 15 is 0 Å². The number of hydrogen-bond donors (Lipinski definition) is 2. The number of hydrogen-bond acceptors (Lipinski definition) is 2. The third kappa shape index (κ3) is 4.50. The van der Waals surface area contributed by atoms with Crippen LogP contribution < -0.4 is 5.32 Å². The Bertz CT molecular complexity index is 648. The Hall–Kier alpha value is -0.970. The van der Waals surface area contributed by atoms with E-state index < -0.39 is 5.25 Å². The largest absolute Gasteiger partial charge is 0.324 e. The van der Waals surface area contributed by atoms with Crippen LogP contribution in [0.4, 0.5) is 5.69 Å². The molecule has 0 saturated heterocycles. The van der Waals surface area contributed by atoms with E-state index in [2.05, 4.69) is 33.9 Å². The molecule has 0 aliphatic rings. The number of carbonyl (C=O) groups excluding carboxylic acids is 1. The molecule has 0 fully saturated rings. The van der Waals surface area contributed by atoms with Crippen LogP contribution in [0.15, 0.2) is 46.9 Å². The van der Waals surface area contributed by atoms with Gasteiger partial charge in [-0.05, 0) is 52.5 Å². The van der Waals surface area contributed by atoms with Crippen LogP contribution in [0.2, 0.25) is 5.02 Å². The number of rotatable bonds is 4. The van der Waals surface area contributed by atoms with E-state index in [1.54, 1.807) is 6.07 Å². The van der Waals surface area contributed by atoms with Gasteiger partial charge in [0.2, 0.25) is 5.91 Å². The van der Waals surface area contributed by atoms with Gasteiger partial charge in [-0.25, -0.2) is 0 Å². The quantitative estimate of drug-likeness (QED) is 0.722. The Morgan fingerprint density at radius 3 is 2.67 bits per heavy atom. The first kappa shape index (κ1) is 16.4. The number of halogens is 2. The Morgan fingerprint density at radius 1 is 1.33 bits per heavy atom. The van der Waals surface area contributed by atoms with Crippen LogP contribution in [-0.4, -0.2) is 11.2 Å². The van der Waals surface area contributed by atoms with Crippen molar-refractivity contribution in [2.75, 3.05) is 5.32 Å². The van der Waals surface area contributed by atoms with Gasteiger partial charge in [-0.15, -0.1) is 0 Å². The molecule has 2 aromatic carbocycles. The summed E-state index contributed by atoms with van der Waals surface area (Å²) in [4.78, 5) is 12.2. The van der Waals surface area contributed by atoms with Crippen molar-refractivity contribution in [3.8, 4) is 0 Å². The number of nitrogens with one attached hydrogen (secondary N) is 1. The van der Waals surface area contributed by atoms with E-state index in [1.807, 2.05) is 43.3 Å². The number of anilines is 1. The molecule has 1 amide bonds. The number of benzene rings is 2. The highest BCUT2D eigenvalue weighted by Gasteiger charge is 2.16. The van der Waals surface area contributed by atoms with E-state index in [9.17, 15) is 4.79 Å². The van der Waals surface area contributed by atoms with Crippen molar-refractivity contribution in [3.63, 3.8) is 0 Å².